The fourth-order valence-corrected chi connectivity index (χ4v) is 0.985. The van der Waals surface area contributed by atoms with Crippen molar-refractivity contribution in [2.45, 2.75) is 26.4 Å². The molecule has 90 valence electrons. The summed E-state index contributed by atoms with van der Waals surface area (Å²) in [5.74, 6) is -0.676. The number of nitrogens with one attached hydrogen (secondary N) is 1. The number of aromatic nitrogens is 1. The maximum Gasteiger partial charge on any atom is 0.255 e. The molecule has 3 N–H and O–H groups in total. The standard InChI is InChI=1S/C9H12F3N3O/c1-9(2,3)16-6-4(10)7(12)14-8(15-13)5(6)11/h13H2,1-3H3,(H,14,15). The SMILES string of the molecule is CC(C)(C)Oc1c(F)c(F)nc(NN)c1F. The van der Waals surface area contributed by atoms with Gasteiger partial charge in [0.1, 0.15) is 5.60 Å². The van der Waals surface area contributed by atoms with Gasteiger partial charge in [-0.1, -0.05) is 0 Å². The first-order valence-corrected chi connectivity index (χ1v) is 4.46. The zero-order valence-electron chi connectivity index (χ0n) is 9.07. The minimum Gasteiger partial charge on any atom is -0.482 e. The fraction of sp³-hybridized carbons (Fsp3) is 0.444. The van der Waals surface area contributed by atoms with E-state index in [-0.39, 0.29) is 0 Å². The number of nitrogens with zero attached hydrogens (tertiary/aromatic N) is 1. The van der Waals surface area contributed by atoms with E-state index in [1.165, 1.54) is 0 Å². The molecule has 1 aromatic heterocycles. The third-order valence-electron chi connectivity index (χ3n) is 1.54. The molecule has 0 saturated carbocycles. The van der Waals surface area contributed by atoms with Gasteiger partial charge in [0, 0.05) is 0 Å². The second-order valence-electron chi connectivity index (χ2n) is 4.07. The summed E-state index contributed by atoms with van der Waals surface area (Å²) in [5, 5.41) is 0. The highest BCUT2D eigenvalue weighted by molar-refractivity contribution is 5.43. The minimum absolute atomic E-state index is 0.613. The molecule has 0 fully saturated rings. The van der Waals surface area contributed by atoms with Gasteiger partial charge in [0.15, 0.2) is 11.6 Å². The lowest BCUT2D eigenvalue weighted by atomic mass is 10.2. The van der Waals surface area contributed by atoms with Crippen LogP contribution in [0, 0.1) is 17.6 Å². The molecule has 0 spiro atoms. The number of nitrogen functional groups attached to an aromatic ring is 1. The van der Waals surface area contributed by atoms with E-state index in [1.807, 2.05) is 5.43 Å². The van der Waals surface area contributed by atoms with Crippen LogP contribution in [0.15, 0.2) is 0 Å². The summed E-state index contributed by atoms with van der Waals surface area (Å²) >= 11 is 0. The van der Waals surface area contributed by atoms with Gasteiger partial charge in [-0.3, -0.25) is 0 Å². The molecule has 0 saturated heterocycles. The smallest absolute Gasteiger partial charge is 0.255 e. The Morgan fingerprint density at radius 2 is 1.75 bits per heavy atom. The number of halogens is 3. The number of hydrogen-bond acceptors (Lipinski definition) is 4. The topological polar surface area (TPSA) is 60.2 Å². The average Bonchev–Trinajstić information content (AvgIpc) is 2.17. The third-order valence-corrected chi connectivity index (χ3v) is 1.54. The zero-order chi connectivity index (χ0) is 12.5. The molecule has 1 heterocycles. The molecule has 0 amide bonds. The van der Waals surface area contributed by atoms with Crippen molar-refractivity contribution in [3.8, 4) is 5.75 Å². The summed E-state index contributed by atoms with van der Waals surface area (Å²) < 4.78 is 44.7. The van der Waals surface area contributed by atoms with Crippen LogP contribution >= 0.6 is 0 Å². The molecular weight excluding hydrogens is 223 g/mol. The van der Waals surface area contributed by atoms with Crippen molar-refractivity contribution in [1.29, 1.82) is 0 Å². The number of ether oxygens (including phenoxy) is 1. The van der Waals surface area contributed by atoms with Crippen molar-refractivity contribution in [1.82, 2.24) is 4.98 Å². The molecule has 4 nitrogen and oxygen atoms in total. The van der Waals surface area contributed by atoms with E-state index in [2.05, 4.69) is 4.98 Å². The highest BCUT2D eigenvalue weighted by Gasteiger charge is 2.25. The normalized spacial score (nSPS) is 11.4. The van der Waals surface area contributed by atoms with Crippen molar-refractivity contribution in [3.05, 3.63) is 17.6 Å². The van der Waals surface area contributed by atoms with Gasteiger partial charge >= 0.3 is 0 Å². The maximum atomic E-state index is 13.5. The van der Waals surface area contributed by atoms with Gasteiger partial charge < -0.3 is 10.2 Å². The molecule has 0 aliphatic rings. The molecule has 0 aliphatic heterocycles. The lowest BCUT2D eigenvalue weighted by molar-refractivity contribution is 0.115. The van der Waals surface area contributed by atoms with E-state index in [4.69, 9.17) is 10.6 Å². The Kier molecular flexibility index (Phi) is 3.27. The van der Waals surface area contributed by atoms with Crippen LogP contribution in [0.2, 0.25) is 0 Å². The van der Waals surface area contributed by atoms with Gasteiger partial charge in [-0.2, -0.15) is 18.2 Å². The molecule has 0 bridgehead atoms. The van der Waals surface area contributed by atoms with Gasteiger partial charge in [0.2, 0.25) is 11.6 Å². The second-order valence-corrected chi connectivity index (χ2v) is 4.07. The predicted molar refractivity (Wildman–Crippen MR) is 52.3 cm³/mol. The van der Waals surface area contributed by atoms with Crippen LogP contribution in [0.4, 0.5) is 19.0 Å². The van der Waals surface area contributed by atoms with E-state index >= 15 is 0 Å². The Morgan fingerprint density at radius 1 is 1.19 bits per heavy atom. The van der Waals surface area contributed by atoms with Crippen molar-refractivity contribution >= 4 is 5.82 Å². The average molecular weight is 235 g/mol. The molecule has 1 aromatic rings. The van der Waals surface area contributed by atoms with E-state index < -0.39 is 34.8 Å². The lowest BCUT2D eigenvalue weighted by Gasteiger charge is -2.22. The number of anilines is 1. The molecular formula is C9H12F3N3O. The molecule has 0 aromatic carbocycles. The minimum atomic E-state index is -1.48. The van der Waals surface area contributed by atoms with Gasteiger partial charge in [-0.25, -0.2) is 5.84 Å². The van der Waals surface area contributed by atoms with Crippen LogP contribution in [0.5, 0.6) is 5.75 Å². The van der Waals surface area contributed by atoms with E-state index in [0.29, 0.717) is 0 Å². The molecule has 0 radical (unpaired) electrons. The maximum absolute atomic E-state index is 13.5. The number of nitrogens with two attached hydrogens (primary N) is 1. The zero-order valence-corrected chi connectivity index (χ0v) is 9.07. The van der Waals surface area contributed by atoms with Crippen molar-refractivity contribution in [3.63, 3.8) is 0 Å². The van der Waals surface area contributed by atoms with Crippen molar-refractivity contribution in [2.75, 3.05) is 5.43 Å². The van der Waals surface area contributed by atoms with Gasteiger partial charge in [-0.05, 0) is 20.8 Å². The van der Waals surface area contributed by atoms with E-state index in [0.717, 1.165) is 0 Å². The fourth-order valence-electron chi connectivity index (χ4n) is 0.985. The summed E-state index contributed by atoms with van der Waals surface area (Å²) in [5.41, 5.74) is 0.943. The van der Waals surface area contributed by atoms with Crippen LogP contribution in [0.3, 0.4) is 0 Å². The Morgan fingerprint density at radius 3 is 2.19 bits per heavy atom. The Bertz CT molecular complexity index is 404. The Hall–Kier alpha value is -1.50. The monoisotopic (exact) mass is 235 g/mol. The lowest BCUT2D eigenvalue weighted by Crippen LogP contribution is -2.25. The first-order chi connectivity index (χ1) is 7.26. The summed E-state index contributed by atoms with van der Waals surface area (Å²) in [6, 6.07) is 0. The summed E-state index contributed by atoms with van der Waals surface area (Å²) in [7, 11) is 0. The van der Waals surface area contributed by atoms with Crippen LogP contribution in [0.25, 0.3) is 0 Å². The molecule has 7 heteroatoms. The quantitative estimate of drug-likeness (QED) is 0.467. The summed E-state index contributed by atoms with van der Waals surface area (Å²) in [4.78, 5) is 2.95. The van der Waals surface area contributed by atoms with Gasteiger partial charge in [0.05, 0.1) is 0 Å². The molecule has 0 atom stereocenters. The Balaban J connectivity index is 3.30. The van der Waals surface area contributed by atoms with Crippen molar-refractivity contribution < 1.29 is 17.9 Å². The number of pyridine rings is 1. The van der Waals surface area contributed by atoms with Crippen LogP contribution in [-0.2, 0) is 0 Å². The molecule has 1 rings (SSSR count). The second kappa shape index (κ2) is 4.17. The first-order valence-electron chi connectivity index (χ1n) is 4.46. The molecule has 16 heavy (non-hydrogen) atoms. The number of hydrazine groups is 1. The summed E-state index contributed by atoms with van der Waals surface area (Å²) in [6.45, 7) is 4.71. The van der Waals surface area contributed by atoms with Gasteiger partial charge in [0.25, 0.3) is 5.95 Å². The van der Waals surface area contributed by atoms with E-state index in [1.54, 1.807) is 20.8 Å². The number of hydrogen-bond donors (Lipinski definition) is 2. The molecule has 0 unspecified atom stereocenters. The predicted octanol–water partition coefficient (Wildman–Crippen LogP) is 1.96. The summed E-state index contributed by atoms with van der Waals surface area (Å²) in [6.07, 6.45) is 0. The highest BCUT2D eigenvalue weighted by Crippen LogP contribution is 2.30. The van der Waals surface area contributed by atoms with Crippen LogP contribution in [0.1, 0.15) is 20.8 Å². The van der Waals surface area contributed by atoms with Gasteiger partial charge in [-0.15, -0.1) is 0 Å². The molecule has 0 aliphatic carbocycles. The van der Waals surface area contributed by atoms with E-state index in [9.17, 15) is 13.2 Å². The van der Waals surface area contributed by atoms with Crippen LogP contribution < -0.4 is 16.0 Å². The number of rotatable bonds is 2. The Labute approximate surface area is 90.6 Å². The highest BCUT2D eigenvalue weighted by atomic mass is 19.2. The largest absolute Gasteiger partial charge is 0.482 e. The third kappa shape index (κ3) is 2.54. The van der Waals surface area contributed by atoms with Crippen molar-refractivity contribution in [2.24, 2.45) is 5.84 Å². The first kappa shape index (κ1) is 12.6. The van der Waals surface area contributed by atoms with Crippen LogP contribution in [-0.4, -0.2) is 10.6 Å².